The van der Waals surface area contributed by atoms with E-state index in [4.69, 9.17) is 0 Å². The highest BCUT2D eigenvalue weighted by Gasteiger charge is 2.45. The lowest BCUT2D eigenvalue weighted by atomic mass is 9.84. The van der Waals surface area contributed by atoms with Crippen LogP contribution in [0.15, 0.2) is 24.3 Å². The van der Waals surface area contributed by atoms with Crippen molar-refractivity contribution in [3.05, 3.63) is 35.4 Å². The largest absolute Gasteiger partial charge is 0.416 e. The molecule has 0 heterocycles. The highest BCUT2D eigenvalue weighted by Crippen LogP contribution is 2.48. The topological polar surface area (TPSA) is 40.5 Å². The normalized spacial score (nSPS) is 17.9. The number of halogens is 3. The number of hydrogen-bond acceptors (Lipinski definition) is 2. The van der Waals surface area contributed by atoms with E-state index in [1.807, 2.05) is 0 Å². The predicted molar refractivity (Wildman–Crippen MR) is 76.0 cm³/mol. The molecule has 3 nitrogen and oxygen atoms in total. The van der Waals surface area contributed by atoms with E-state index in [9.17, 15) is 23.1 Å². The molecule has 1 aliphatic rings. The minimum Gasteiger partial charge on any atom is -0.385 e. The molecule has 0 aromatic heterocycles. The van der Waals surface area contributed by atoms with Crippen LogP contribution in [0.2, 0.25) is 0 Å². The van der Waals surface area contributed by atoms with Crippen LogP contribution in [0.25, 0.3) is 0 Å². The Bertz CT molecular complexity index is 555. The lowest BCUT2D eigenvalue weighted by molar-refractivity contribution is -0.137. The Kier molecular flexibility index (Phi) is 4.52. The molecule has 1 atom stereocenters. The monoisotopic (exact) mass is 315 g/mol. The third kappa shape index (κ3) is 3.61. The van der Waals surface area contributed by atoms with Gasteiger partial charge in [-0.15, -0.1) is 0 Å². The number of aliphatic hydroxyl groups is 1. The summed E-state index contributed by atoms with van der Waals surface area (Å²) in [5.41, 5.74) is -1.80. The molecular weight excluding hydrogens is 295 g/mol. The number of carbonyl (C=O) groups excluding carboxylic acids is 1. The molecule has 6 heteroatoms. The van der Waals surface area contributed by atoms with Crippen molar-refractivity contribution in [2.45, 2.75) is 38.0 Å². The molecule has 0 saturated heterocycles. The van der Waals surface area contributed by atoms with Gasteiger partial charge < -0.3 is 10.0 Å². The van der Waals surface area contributed by atoms with Gasteiger partial charge in [-0.3, -0.25) is 4.79 Å². The predicted octanol–water partition coefficient (Wildman–Crippen LogP) is 3.17. The molecule has 1 aromatic carbocycles. The highest BCUT2D eigenvalue weighted by molar-refractivity contribution is 5.72. The molecule has 0 bridgehead atoms. The molecule has 1 fully saturated rings. The minimum absolute atomic E-state index is 0.0451. The summed E-state index contributed by atoms with van der Waals surface area (Å²) in [7, 11) is 1.61. The van der Waals surface area contributed by atoms with Crippen LogP contribution < -0.4 is 0 Å². The first-order chi connectivity index (χ1) is 10.1. The van der Waals surface area contributed by atoms with Crippen LogP contribution in [0.4, 0.5) is 13.2 Å². The van der Waals surface area contributed by atoms with Crippen molar-refractivity contribution in [3.63, 3.8) is 0 Å². The zero-order chi connectivity index (χ0) is 16.5. The fourth-order valence-corrected chi connectivity index (χ4v) is 2.61. The Balaban J connectivity index is 2.26. The van der Waals surface area contributed by atoms with E-state index in [1.54, 1.807) is 7.05 Å². The first-order valence-corrected chi connectivity index (χ1v) is 7.26. The average molecular weight is 315 g/mol. The van der Waals surface area contributed by atoms with E-state index in [0.717, 1.165) is 25.0 Å². The van der Waals surface area contributed by atoms with E-state index < -0.39 is 17.3 Å². The minimum atomic E-state index is -4.43. The van der Waals surface area contributed by atoms with Crippen LogP contribution in [0.3, 0.4) is 0 Å². The van der Waals surface area contributed by atoms with Crippen LogP contribution in [0.1, 0.15) is 37.3 Å². The average Bonchev–Trinajstić information content (AvgIpc) is 3.28. The molecule has 1 aliphatic carbocycles. The van der Waals surface area contributed by atoms with Gasteiger partial charge in [-0.1, -0.05) is 12.1 Å². The standard InChI is InChI=1S/C16H20F3NO2/c1-11(21)20(2)9-8-15(22,12-6-7-12)13-4-3-5-14(10-13)16(17,18)19/h3-5,10,12,22H,6-9H2,1-2H3. The summed E-state index contributed by atoms with van der Waals surface area (Å²) in [6.07, 6.45) is -2.63. The summed E-state index contributed by atoms with van der Waals surface area (Å²) < 4.78 is 38.6. The van der Waals surface area contributed by atoms with Crippen LogP contribution in [0.5, 0.6) is 0 Å². The Morgan fingerprint density at radius 2 is 1.91 bits per heavy atom. The van der Waals surface area contributed by atoms with Gasteiger partial charge in [-0.05, 0) is 42.9 Å². The van der Waals surface area contributed by atoms with Crippen LogP contribution >= 0.6 is 0 Å². The maximum absolute atomic E-state index is 12.9. The second kappa shape index (κ2) is 5.91. The molecule has 0 aliphatic heterocycles. The number of alkyl halides is 3. The van der Waals surface area contributed by atoms with E-state index >= 15 is 0 Å². The Morgan fingerprint density at radius 3 is 2.41 bits per heavy atom. The second-order valence-electron chi connectivity index (χ2n) is 5.97. The van der Waals surface area contributed by atoms with Gasteiger partial charge in [0.25, 0.3) is 0 Å². The molecule has 1 amide bonds. The third-order valence-corrected chi connectivity index (χ3v) is 4.31. The van der Waals surface area contributed by atoms with Gasteiger partial charge >= 0.3 is 6.18 Å². The number of nitrogens with zero attached hydrogens (tertiary/aromatic N) is 1. The maximum atomic E-state index is 12.9. The first kappa shape index (κ1) is 16.8. The number of rotatable bonds is 5. The first-order valence-electron chi connectivity index (χ1n) is 7.26. The molecule has 0 radical (unpaired) electrons. The van der Waals surface area contributed by atoms with Gasteiger partial charge in [-0.25, -0.2) is 0 Å². The maximum Gasteiger partial charge on any atom is 0.416 e. The molecule has 2 rings (SSSR count). The molecule has 0 spiro atoms. The van der Waals surface area contributed by atoms with Gasteiger partial charge in [0.2, 0.25) is 5.91 Å². The van der Waals surface area contributed by atoms with Gasteiger partial charge in [0.1, 0.15) is 0 Å². The smallest absolute Gasteiger partial charge is 0.385 e. The van der Waals surface area contributed by atoms with Crippen molar-refractivity contribution in [1.82, 2.24) is 4.90 Å². The van der Waals surface area contributed by atoms with E-state index in [2.05, 4.69) is 0 Å². The highest BCUT2D eigenvalue weighted by atomic mass is 19.4. The summed E-state index contributed by atoms with van der Waals surface area (Å²) in [5, 5.41) is 10.9. The zero-order valence-corrected chi connectivity index (χ0v) is 12.7. The summed E-state index contributed by atoms with van der Waals surface area (Å²) in [6, 6.07) is 4.87. The van der Waals surface area contributed by atoms with Crippen molar-refractivity contribution in [2.24, 2.45) is 5.92 Å². The van der Waals surface area contributed by atoms with Crippen LogP contribution in [0, 0.1) is 5.92 Å². The SMILES string of the molecule is CC(=O)N(C)CCC(O)(c1cccc(C(F)(F)F)c1)C1CC1. The lowest BCUT2D eigenvalue weighted by Gasteiger charge is -2.31. The molecule has 122 valence electrons. The van der Waals surface area contributed by atoms with Crippen LogP contribution in [-0.4, -0.2) is 29.5 Å². The number of hydrogen-bond donors (Lipinski definition) is 1. The van der Waals surface area contributed by atoms with E-state index in [0.29, 0.717) is 6.54 Å². The van der Waals surface area contributed by atoms with Gasteiger partial charge in [-0.2, -0.15) is 13.2 Å². The Morgan fingerprint density at radius 1 is 1.32 bits per heavy atom. The molecular formula is C16H20F3NO2. The van der Waals surface area contributed by atoms with Crippen molar-refractivity contribution >= 4 is 5.91 Å². The third-order valence-electron chi connectivity index (χ3n) is 4.31. The number of amides is 1. The van der Waals surface area contributed by atoms with E-state index in [1.165, 1.54) is 24.0 Å². The number of carbonyl (C=O) groups is 1. The zero-order valence-electron chi connectivity index (χ0n) is 12.7. The van der Waals surface area contributed by atoms with Crippen molar-refractivity contribution in [2.75, 3.05) is 13.6 Å². The van der Waals surface area contributed by atoms with Crippen molar-refractivity contribution in [3.8, 4) is 0 Å². The lowest BCUT2D eigenvalue weighted by Crippen LogP contribution is -2.35. The molecule has 1 unspecified atom stereocenters. The molecule has 22 heavy (non-hydrogen) atoms. The van der Waals surface area contributed by atoms with Crippen LogP contribution in [-0.2, 0) is 16.6 Å². The Labute approximate surface area is 127 Å². The molecule has 1 aromatic rings. The summed E-state index contributed by atoms with van der Waals surface area (Å²) in [5.74, 6) is -0.182. The summed E-state index contributed by atoms with van der Waals surface area (Å²) >= 11 is 0. The van der Waals surface area contributed by atoms with Gasteiger partial charge in [0, 0.05) is 20.5 Å². The summed E-state index contributed by atoms with van der Waals surface area (Å²) in [6.45, 7) is 1.72. The van der Waals surface area contributed by atoms with Gasteiger partial charge in [0.15, 0.2) is 0 Å². The fourth-order valence-electron chi connectivity index (χ4n) is 2.61. The molecule has 1 N–H and O–H groups in total. The summed E-state index contributed by atoms with van der Waals surface area (Å²) in [4.78, 5) is 12.7. The quantitative estimate of drug-likeness (QED) is 0.906. The van der Waals surface area contributed by atoms with E-state index in [-0.39, 0.29) is 23.8 Å². The molecule has 1 saturated carbocycles. The van der Waals surface area contributed by atoms with Gasteiger partial charge in [0.05, 0.1) is 11.2 Å². The van der Waals surface area contributed by atoms with Crippen molar-refractivity contribution < 1.29 is 23.1 Å². The fraction of sp³-hybridized carbons (Fsp3) is 0.562. The Hall–Kier alpha value is -1.56. The van der Waals surface area contributed by atoms with Crippen molar-refractivity contribution in [1.29, 1.82) is 0 Å². The number of benzene rings is 1. The second-order valence-corrected chi connectivity index (χ2v) is 5.97.